The molecule has 100 valence electrons. The molecule has 2 rings (SSSR count). The third-order valence-corrected chi connectivity index (χ3v) is 2.81. The molecule has 1 saturated carbocycles. The lowest BCUT2D eigenvalue weighted by Crippen LogP contribution is -2.28. The number of imidazole rings is 1. The molecule has 1 aromatic rings. The first-order chi connectivity index (χ1) is 8.63. The molecule has 1 aliphatic rings. The summed E-state index contributed by atoms with van der Waals surface area (Å²) in [6, 6.07) is 0.424. The summed E-state index contributed by atoms with van der Waals surface area (Å²) in [5, 5.41) is 6.30. The quantitative estimate of drug-likeness (QED) is 0.756. The van der Waals surface area contributed by atoms with Crippen LogP contribution in [-0.4, -0.2) is 28.0 Å². The van der Waals surface area contributed by atoms with Crippen LogP contribution in [0.2, 0.25) is 0 Å². The summed E-state index contributed by atoms with van der Waals surface area (Å²) in [4.78, 5) is 15.9. The second-order valence-electron chi connectivity index (χ2n) is 5.40. The van der Waals surface area contributed by atoms with Crippen LogP contribution in [0.1, 0.15) is 32.4 Å². The molecule has 1 fully saturated rings. The first kappa shape index (κ1) is 13.1. The Morgan fingerprint density at radius 1 is 1.56 bits per heavy atom. The van der Waals surface area contributed by atoms with Gasteiger partial charge in [0.05, 0.1) is 12.0 Å². The van der Waals surface area contributed by atoms with E-state index in [4.69, 9.17) is 0 Å². The summed E-state index contributed by atoms with van der Waals surface area (Å²) in [7, 11) is 0. The SMILES string of the molecule is CC(C)CNCc1cn(CC(=O)NC2CC2)cn1. The molecule has 5 heteroatoms. The first-order valence-electron chi connectivity index (χ1n) is 6.64. The molecule has 2 N–H and O–H groups in total. The van der Waals surface area contributed by atoms with Crippen molar-refractivity contribution in [2.24, 2.45) is 5.92 Å². The van der Waals surface area contributed by atoms with Gasteiger partial charge in [-0.25, -0.2) is 4.98 Å². The Labute approximate surface area is 108 Å². The number of hydrogen-bond donors (Lipinski definition) is 2. The highest BCUT2D eigenvalue weighted by Crippen LogP contribution is 2.18. The highest BCUT2D eigenvalue weighted by atomic mass is 16.2. The summed E-state index contributed by atoms with van der Waals surface area (Å²) in [5.74, 6) is 0.716. The Balaban J connectivity index is 1.72. The topological polar surface area (TPSA) is 59.0 Å². The smallest absolute Gasteiger partial charge is 0.240 e. The Hall–Kier alpha value is -1.36. The van der Waals surface area contributed by atoms with Gasteiger partial charge in [-0.05, 0) is 25.3 Å². The van der Waals surface area contributed by atoms with Gasteiger partial charge in [-0.2, -0.15) is 0 Å². The van der Waals surface area contributed by atoms with Crippen molar-refractivity contribution in [3.63, 3.8) is 0 Å². The molecule has 0 aliphatic heterocycles. The van der Waals surface area contributed by atoms with Crippen LogP contribution in [0.5, 0.6) is 0 Å². The predicted molar refractivity (Wildman–Crippen MR) is 69.9 cm³/mol. The number of rotatable bonds is 7. The second-order valence-corrected chi connectivity index (χ2v) is 5.40. The van der Waals surface area contributed by atoms with E-state index >= 15 is 0 Å². The molecule has 0 radical (unpaired) electrons. The maximum Gasteiger partial charge on any atom is 0.240 e. The molecule has 0 bridgehead atoms. The minimum Gasteiger partial charge on any atom is -0.352 e. The molecule has 1 amide bonds. The van der Waals surface area contributed by atoms with Crippen molar-refractivity contribution in [1.82, 2.24) is 20.2 Å². The van der Waals surface area contributed by atoms with Gasteiger partial charge in [0.1, 0.15) is 6.54 Å². The largest absolute Gasteiger partial charge is 0.352 e. The molecule has 1 aromatic heterocycles. The van der Waals surface area contributed by atoms with E-state index in [2.05, 4.69) is 29.5 Å². The van der Waals surface area contributed by atoms with Crippen molar-refractivity contribution in [2.45, 2.75) is 45.8 Å². The van der Waals surface area contributed by atoms with Gasteiger partial charge in [-0.15, -0.1) is 0 Å². The van der Waals surface area contributed by atoms with Gasteiger partial charge in [0.15, 0.2) is 0 Å². The maximum absolute atomic E-state index is 11.6. The van der Waals surface area contributed by atoms with Crippen molar-refractivity contribution in [3.05, 3.63) is 18.2 Å². The number of nitrogens with one attached hydrogen (secondary N) is 2. The molecule has 0 spiro atoms. The zero-order valence-corrected chi connectivity index (χ0v) is 11.1. The van der Waals surface area contributed by atoms with Crippen LogP contribution in [-0.2, 0) is 17.9 Å². The van der Waals surface area contributed by atoms with E-state index in [0.717, 1.165) is 31.6 Å². The normalized spacial score (nSPS) is 15.1. The minimum atomic E-state index is 0.0802. The summed E-state index contributed by atoms with van der Waals surface area (Å²) in [5.41, 5.74) is 0.981. The number of carbonyl (C=O) groups excluding carboxylic acids is 1. The van der Waals surface area contributed by atoms with Crippen LogP contribution in [0, 0.1) is 5.92 Å². The lowest BCUT2D eigenvalue weighted by Gasteiger charge is -2.05. The van der Waals surface area contributed by atoms with Crippen LogP contribution in [0.25, 0.3) is 0 Å². The average Bonchev–Trinajstić information content (AvgIpc) is 2.98. The summed E-state index contributed by atoms with van der Waals surface area (Å²) in [6.07, 6.45) is 5.90. The summed E-state index contributed by atoms with van der Waals surface area (Å²) < 4.78 is 1.84. The van der Waals surface area contributed by atoms with E-state index in [0.29, 0.717) is 18.5 Å². The van der Waals surface area contributed by atoms with Gasteiger partial charge in [0.2, 0.25) is 5.91 Å². The fourth-order valence-corrected chi connectivity index (χ4v) is 1.74. The highest BCUT2D eigenvalue weighted by molar-refractivity contribution is 5.76. The number of amides is 1. The van der Waals surface area contributed by atoms with Crippen molar-refractivity contribution >= 4 is 5.91 Å². The van der Waals surface area contributed by atoms with E-state index in [1.165, 1.54) is 0 Å². The monoisotopic (exact) mass is 250 g/mol. The Morgan fingerprint density at radius 3 is 3.00 bits per heavy atom. The van der Waals surface area contributed by atoms with Crippen molar-refractivity contribution in [3.8, 4) is 0 Å². The zero-order valence-electron chi connectivity index (χ0n) is 11.1. The Morgan fingerprint density at radius 2 is 2.33 bits per heavy atom. The average molecular weight is 250 g/mol. The molecule has 1 heterocycles. The van der Waals surface area contributed by atoms with Crippen molar-refractivity contribution in [2.75, 3.05) is 6.54 Å². The number of aromatic nitrogens is 2. The predicted octanol–water partition coefficient (Wildman–Crippen LogP) is 0.907. The zero-order chi connectivity index (χ0) is 13.0. The lowest BCUT2D eigenvalue weighted by molar-refractivity contribution is -0.121. The molecule has 5 nitrogen and oxygen atoms in total. The fraction of sp³-hybridized carbons (Fsp3) is 0.692. The van der Waals surface area contributed by atoms with E-state index in [1.54, 1.807) is 6.33 Å². The molecule has 1 aliphatic carbocycles. The lowest BCUT2D eigenvalue weighted by atomic mass is 10.2. The van der Waals surface area contributed by atoms with E-state index in [1.807, 2.05) is 10.8 Å². The van der Waals surface area contributed by atoms with Crippen LogP contribution in [0.3, 0.4) is 0 Å². The van der Waals surface area contributed by atoms with Gasteiger partial charge in [-0.1, -0.05) is 13.8 Å². The van der Waals surface area contributed by atoms with Crippen LogP contribution in [0.4, 0.5) is 0 Å². The number of carbonyl (C=O) groups is 1. The standard InChI is InChI=1S/C13H22N4O/c1-10(2)5-14-6-12-7-17(9-15-12)8-13(18)16-11-3-4-11/h7,9-11,14H,3-6,8H2,1-2H3,(H,16,18). The summed E-state index contributed by atoms with van der Waals surface area (Å²) in [6.45, 7) is 6.46. The summed E-state index contributed by atoms with van der Waals surface area (Å²) >= 11 is 0. The second kappa shape index (κ2) is 6.00. The number of nitrogens with zero attached hydrogens (tertiary/aromatic N) is 2. The van der Waals surface area contributed by atoms with Crippen molar-refractivity contribution < 1.29 is 4.79 Å². The number of hydrogen-bond acceptors (Lipinski definition) is 3. The molecule has 0 aromatic carbocycles. The van der Waals surface area contributed by atoms with Gasteiger partial charge in [-0.3, -0.25) is 4.79 Å². The minimum absolute atomic E-state index is 0.0802. The molecular weight excluding hydrogens is 228 g/mol. The van der Waals surface area contributed by atoms with E-state index < -0.39 is 0 Å². The van der Waals surface area contributed by atoms with E-state index in [9.17, 15) is 4.79 Å². The van der Waals surface area contributed by atoms with Crippen LogP contribution < -0.4 is 10.6 Å². The molecule has 0 unspecified atom stereocenters. The molecule has 0 atom stereocenters. The Kier molecular flexibility index (Phi) is 4.36. The maximum atomic E-state index is 11.6. The first-order valence-corrected chi connectivity index (χ1v) is 6.64. The van der Waals surface area contributed by atoms with Crippen LogP contribution >= 0.6 is 0 Å². The highest BCUT2D eigenvalue weighted by Gasteiger charge is 2.23. The fourth-order valence-electron chi connectivity index (χ4n) is 1.74. The molecule has 0 saturated heterocycles. The third kappa shape index (κ3) is 4.49. The van der Waals surface area contributed by atoms with Gasteiger partial charge in [0, 0.05) is 18.8 Å². The molecule has 18 heavy (non-hydrogen) atoms. The van der Waals surface area contributed by atoms with Crippen molar-refractivity contribution in [1.29, 1.82) is 0 Å². The van der Waals surface area contributed by atoms with Gasteiger partial charge >= 0.3 is 0 Å². The third-order valence-electron chi connectivity index (χ3n) is 2.81. The molecular formula is C13H22N4O. The van der Waals surface area contributed by atoms with Gasteiger partial charge < -0.3 is 15.2 Å². The Bertz CT molecular complexity index is 395. The van der Waals surface area contributed by atoms with Gasteiger partial charge in [0.25, 0.3) is 0 Å². The van der Waals surface area contributed by atoms with Crippen LogP contribution in [0.15, 0.2) is 12.5 Å². The van der Waals surface area contributed by atoms with E-state index in [-0.39, 0.29) is 5.91 Å².